The number of carbonyl (C=O) groups is 1. The van der Waals surface area contributed by atoms with Gasteiger partial charge in [-0.1, -0.05) is 23.8 Å². The van der Waals surface area contributed by atoms with Crippen molar-refractivity contribution in [2.75, 3.05) is 13.1 Å². The highest BCUT2D eigenvalue weighted by molar-refractivity contribution is 5.80. The lowest BCUT2D eigenvalue weighted by Crippen LogP contribution is -2.30. The first-order chi connectivity index (χ1) is 8.65. The van der Waals surface area contributed by atoms with Crippen molar-refractivity contribution in [2.45, 2.75) is 19.4 Å². The Hall–Kier alpha value is -1.68. The van der Waals surface area contributed by atoms with Crippen LogP contribution in [-0.2, 0) is 11.3 Å². The van der Waals surface area contributed by atoms with Crippen molar-refractivity contribution >= 4 is 5.97 Å². The molecule has 0 saturated carbocycles. The Morgan fingerprint density at radius 1 is 1.33 bits per heavy atom. The van der Waals surface area contributed by atoms with E-state index in [1.54, 1.807) is 12.1 Å². The third-order valence-electron chi connectivity index (χ3n) is 3.18. The van der Waals surface area contributed by atoms with Crippen LogP contribution >= 0.6 is 0 Å². The fourth-order valence-electron chi connectivity index (χ4n) is 2.18. The molecule has 4 heteroatoms. The van der Waals surface area contributed by atoms with E-state index in [1.165, 1.54) is 12.1 Å². The maximum Gasteiger partial charge on any atom is 0.328 e. The molecular weight excluding hydrogens is 233 g/mol. The van der Waals surface area contributed by atoms with Crippen molar-refractivity contribution in [1.82, 2.24) is 4.90 Å². The molecule has 0 atom stereocenters. The summed E-state index contributed by atoms with van der Waals surface area (Å²) in [5.41, 5.74) is 1.66. The van der Waals surface area contributed by atoms with Gasteiger partial charge >= 0.3 is 5.97 Å². The first-order valence-corrected chi connectivity index (χ1v) is 6.03. The van der Waals surface area contributed by atoms with Crippen LogP contribution in [0.25, 0.3) is 0 Å². The highest BCUT2D eigenvalue weighted by atomic mass is 19.1. The lowest BCUT2D eigenvalue weighted by Gasteiger charge is -2.28. The number of aliphatic carboxylic acids is 1. The summed E-state index contributed by atoms with van der Waals surface area (Å²) in [7, 11) is 0. The summed E-state index contributed by atoms with van der Waals surface area (Å²) >= 11 is 0. The molecule has 0 spiro atoms. The van der Waals surface area contributed by atoms with Gasteiger partial charge in [0.15, 0.2) is 0 Å². The quantitative estimate of drug-likeness (QED) is 0.836. The molecule has 0 bridgehead atoms. The Kier molecular flexibility index (Phi) is 4.10. The molecule has 1 fully saturated rings. The fraction of sp³-hybridized carbons (Fsp3) is 0.357. The van der Waals surface area contributed by atoms with E-state index in [2.05, 4.69) is 4.90 Å². The average Bonchev–Trinajstić information content (AvgIpc) is 2.34. The maximum absolute atomic E-state index is 13.5. The molecule has 1 N–H and O–H groups in total. The number of nitrogens with zero attached hydrogens (tertiary/aromatic N) is 1. The second kappa shape index (κ2) is 5.78. The van der Waals surface area contributed by atoms with E-state index in [0.717, 1.165) is 31.5 Å². The summed E-state index contributed by atoms with van der Waals surface area (Å²) in [6, 6.07) is 6.77. The zero-order chi connectivity index (χ0) is 13.0. The van der Waals surface area contributed by atoms with Crippen molar-refractivity contribution in [3.05, 3.63) is 47.3 Å². The molecule has 0 unspecified atom stereocenters. The Morgan fingerprint density at radius 2 is 2.00 bits per heavy atom. The summed E-state index contributed by atoms with van der Waals surface area (Å²) in [4.78, 5) is 12.7. The van der Waals surface area contributed by atoms with E-state index in [0.29, 0.717) is 12.1 Å². The summed E-state index contributed by atoms with van der Waals surface area (Å²) in [6.07, 6.45) is 2.79. The van der Waals surface area contributed by atoms with Gasteiger partial charge in [-0.05, 0) is 18.9 Å². The van der Waals surface area contributed by atoms with Gasteiger partial charge in [-0.3, -0.25) is 4.90 Å². The molecule has 0 aromatic heterocycles. The minimum absolute atomic E-state index is 0.177. The number of carboxylic acid groups (broad SMARTS) is 1. The monoisotopic (exact) mass is 249 g/mol. The van der Waals surface area contributed by atoms with Crippen LogP contribution in [0, 0.1) is 5.82 Å². The fourth-order valence-corrected chi connectivity index (χ4v) is 2.18. The SMILES string of the molecule is O=C(O)C=C1CCN(Cc2ccccc2F)CC1. The second-order valence-electron chi connectivity index (χ2n) is 4.51. The molecular formula is C14H16FNO2. The maximum atomic E-state index is 13.5. The molecule has 0 amide bonds. The number of benzene rings is 1. The number of halogens is 1. The summed E-state index contributed by atoms with van der Waals surface area (Å²) in [5, 5.41) is 8.66. The molecule has 1 aliphatic heterocycles. The second-order valence-corrected chi connectivity index (χ2v) is 4.51. The molecule has 1 saturated heterocycles. The van der Waals surface area contributed by atoms with Gasteiger partial charge in [-0.25, -0.2) is 9.18 Å². The number of piperidine rings is 1. The van der Waals surface area contributed by atoms with Crippen molar-refractivity contribution < 1.29 is 14.3 Å². The lowest BCUT2D eigenvalue weighted by molar-refractivity contribution is -0.131. The van der Waals surface area contributed by atoms with Gasteiger partial charge in [-0.2, -0.15) is 0 Å². The Labute approximate surface area is 106 Å². The van der Waals surface area contributed by atoms with Gasteiger partial charge in [0.25, 0.3) is 0 Å². The van der Waals surface area contributed by atoms with Gasteiger partial charge in [0.2, 0.25) is 0 Å². The minimum Gasteiger partial charge on any atom is -0.478 e. The highest BCUT2D eigenvalue weighted by Gasteiger charge is 2.15. The minimum atomic E-state index is -0.882. The molecule has 1 heterocycles. The number of carboxylic acids is 1. The third-order valence-corrected chi connectivity index (χ3v) is 3.18. The van der Waals surface area contributed by atoms with Crippen LogP contribution in [0.1, 0.15) is 18.4 Å². The molecule has 0 radical (unpaired) electrons. The van der Waals surface area contributed by atoms with Crippen LogP contribution in [0.3, 0.4) is 0 Å². The lowest BCUT2D eigenvalue weighted by atomic mass is 10.0. The molecule has 1 aliphatic rings. The number of hydrogen-bond donors (Lipinski definition) is 1. The molecule has 18 heavy (non-hydrogen) atoms. The molecule has 1 aromatic carbocycles. The van der Waals surface area contributed by atoms with E-state index in [-0.39, 0.29) is 5.82 Å². The first-order valence-electron chi connectivity index (χ1n) is 6.03. The highest BCUT2D eigenvalue weighted by Crippen LogP contribution is 2.19. The van der Waals surface area contributed by atoms with Crippen molar-refractivity contribution in [1.29, 1.82) is 0 Å². The number of rotatable bonds is 3. The largest absolute Gasteiger partial charge is 0.478 e. The molecule has 2 rings (SSSR count). The zero-order valence-electron chi connectivity index (χ0n) is 10.1. The van der Waals surface area contributed by atoms with E-state index in [4.69, 9.17) is 5.11 Å². The van der Waals surface area contributed by atoms with Gasteiger partial charge in [0.1, 0.15) is 5.82 Å². The summed E-state index contributed by atoms with van der Waals surface area (Å²) < 4.78 is 13.5. The first kappa shape index (κ1) is 12.8. The van der Waals surface area contributed by atoms with Crippen LogP contribution in [-0.4, -0.2) is 29.1 Å². The van der Waals surface area contributed by atoms with Gasteiger partial charge < -0.3 is 5.11 Å². The number of likely N-dealkylation sites (tertiary alicyclic amines) is 1. The van der Waals surface area contributed by atoms with Gasteiger partial charge in [-0.15, -0.1) is 0 Å². The van der Waals surface area contributed by atoms with E-state index >= 15 is 0 Å². The standard InChI is InChI=1S/C14H16FNO2/c15-13-4-2-1-3-12(13)10-16-7-5-11(6-8-16)9-14(17)18/h1-4,9H,5-8,10H2,(H,17,18). The molecule has 0 aliphatic carbocycles. The Bertz CT molecular complexity index is 461. The Morgan fingerprint density at radius 3 is 2.61 bits per heavy atom. The predicted molar refractivity (Wildman–Crippen MR) is 66.6 cm³/mol. The van der Waals surface area contributed by atoms with Crippen LogP contribution in [0.15, 0.2) is 35.9 Å². The normalized spacial score (nSPS) is 16.6. The van der Waals surface area contributed by atoms with Crippen LogP contribution in [0.2, 0.25) is 0 Å². The van der Waals surface area contributed by atoms with Crippen molar-refractivity contribution in [3.63, 3.8) is 0 Å². The zero-order valence-corrected chi connectivity index (χ0v) is 10.1. The summed E-state index contributed by atoms with van der Waals surface area (Å²) in [5.74, 6) is -1.06. The van der Waals surface area contributed by atoms with E-state index in [9.17, 15) is 9.18 Å². The van der Waals surface area contributed by atoms with Crippen LogP contribution in [0.4, 0.5) is 4.39 Å². The summed E-state index contributed by atoms with van der Waals surface area (Å²) in [6.45, 7) is 2.16. The topological polar surface area (TPSA) is 40.5 Å². The third kappa shape index (κ3) is 3.40. The predicted octanol–water partition coefficient (Wildman–Crippen LogP) is 2.43. The van der Waals surface area contributed by atoms with Crippen molar-refractivity contribution in [2.24, 2.45) is 0 Å². The van der Waals surface area contributed by atoms with E-state index < -0.39 is 5.97 Å². The molecule has 3 nitrogen and oxygen atoms in total. The molecule has 1 aromatic rings. The van der Waals surface area contributed by atoms with E-state index in [1.807, 2.05) is 6.07 Å². The van der Waals surface area contributed by atoms with Crippen LogP contribution < -0.4 is 0 Å². The molecule has 96 valence electrons. The van der Waals surface area contributed by atoms with Gasteiger partial charge in [0.05, 0.1) is 0 Å². The van der Waals surface area contributed by atoms with Gasteiger partial charge in [0, 0.05) is 31.3 Å². The Balaban J connectivity index is 1.91. The smallest absolute Gasteiger partial charge is 0.328 e. The van der Waals surface area contributed by atoms with Crippen LogP contribution in [0.5, 0.6) is 0 Å². The van der Waals surface area contributed by atoms with Crippen molar-refractivity contribution in [3.8, 4) is 0 Å². The average molecular weight is 249 g/mol. The number of hydrogen-bond acceptors (Lipinski definition) is 2.